The van der Waals surface area contributed by atoms with Gasteiger partial charge in [-0.3, -0.25) is 0 Å². The maximum atomic E-state index is 2.54. The molecule has 1 aliphatic carbocycles. The Morgan fingerprint density at radius 1 is 0.382 bits per heavy atom. The van der Waals surface area contributed by atoms with Gasteiger partial charge in [-0.25, -0.2) is 0 Å². The number of aryl methyl sites for hydroxylation is 7. The molecule has 0 aliphatic heterocycles. The number of allylic oxidation sites excluding steroid dienone is 1. The molecule has 0 unspecified atom stereocenters. The van der Waals surface area contributed by atoms with Crippen molar-refractivity contribution < 1.29 is 0 Å². The van der Waals surface area contributed by atoms with Gasteiger partial charge in [-0.15, -0.1) is 0 Å². The van der Waals surface area contributed by atoms with Crippen molar-refractivity contribution in [2.24, 2.45) is 0 Å². The van der Waals surface area contributed by atoms with Crippen molar-refractivity contribution in [3.8, 4) is 33.4 Å². The van der Waals surface area contributed by atoms with E-state index in [0.29, 0.717) is 0 Å². The summed E-state index contributed by atoms with van der Waals surface area (Å²) < 4.78 is 0. The van der Waals surface area contributed by atoms with E-state index in [9.17, 15) is 0 Å². The van der Waals surface area contributed by atoms with Gasteiger partial charge in [-0.2, -0.15) is 0 Å². The minimum Gasteiger partial charge on any atom is -0.310 e. The molecule has 1 aliphatic rings. The molecule has 0 bridgehead atoms. The quantitative estimate of drug-likeness (QED) is 0.166. The van der Waals surface area contributed by atoms with Crippen LogP contribution in [0.15, 0.2) is 146 Å². The van der Waals surface area contributed by atoms with Crippen molar-refractivity contribution >= 4 is 44.7 Å². The molecule has 268 valence electrons. The molecule has 0 heterocycles. The van der Waals surface area contributed by atoms with Crippen LogP contribution in [0.5, 0.6) is 0 Å². The number of rotatable bonds is 6. The van der Waals surface area contributed by atoms with Gasteiger partial charge in [0, 0.05) is 17.1 Å². The molecule has 0 atom stereocenters. The summed E-state index contributed by atoms with van der Waals surface area (Å²) in [7, 11) is 0. The van der Waals surface area contributed by atoms with Crippen LogP contribution in [0.25, 0.3) is 61.0 Å². The van der Waals surface area contributed by atoms with Crippen molar-refractivity contribution in [1.82, 2.24) is 0 Å². The molecule has 0 N–H and O–H groups in total. The van der Waals surface area contributed by atoms with Gasteiger partial charge in [-0.05, 0) is 190 Å². The first-order valence-corrected chi connectivity index (χ1v) is 19.7. The maximum Gasteiger partial charge on any atom is 0.0494 e. The smallest absolute Gasteiger partial charge is 0.0494 e. The fourth-order valence-corrected chi connectivity index (χ4v) is 9.01. The molecule has 0 spiro atoms. The summed E-state index contributed by atoms with van der Waals surface area (Å²) in [6, 6.07) is 52.1. The number of hydrogen-bond donors (Lipinski definition) is 0. The summed E-state index contributed by atoms with van der Waals surface area (Å²) >= 11 is 0. The number of hydrogen-bond acceptors (Lipinski definition) is 1. The Morgan fingerprint density at radius 3 is 1.31 bits per heavy atom. The highest BCUT2D eigenvalue weighted by Gasteiger charge is 2.24. The Balaban J connectivity index is 1.25. The van der Waals surface area contributed by atoms with Gasteiger partial charge < -0.3 is 4.90 Å². The van der Waals surface area contributed by atoms with Gasteiger partial charge >= 0.3 is 0 Å². The third kappa shape index (κ3) is 6.05. The molecule has 8 aromatic carbocycles. The second-order valence-corrected chi connectivity index (χ2v) is 15.6. The molecule has 8 aromatic rings. The van der Waals surface area contributed by atoms with Gasteiger partial charge in [-0.1, -0.05) is 115 Å². The normalized spacial score (nSPS) is 12.3. The summed E-state index contributed by atoms with van der Waals surface area (Å²) in [5.74, 6) is 0. The topological polar surface area (TPSA) is 3.24 Å². The Morgan fingerprint density at radius 2 is 0.800 bits per heavy atom. The number of benzene rings is 8. The Bertz CT molecular complexity index is 2690. The SMILES string of the molecule is Cc1cc(N(c2cc(C)c(-c3cccc4ccccc34)cc2C)c2cc(C)c(-c3cccc4ccccc34)cc2C)c(C)cc1-c1cccc2c1C=CCC2. The van der Waals surface area contributed by atoms with Gasteiger partial charge in [0.25, 0.3) is 0 Å². The highest BCUT2D eigenvalue weighted by Crippen LogP contribution is 2.46. The van der Waals surface area contributed by atoms with Crippen molar-refractivity contribution in [3.05, 3.63) is 190 Å². The van der Waals surface area contributed by atoms with Crippen molar-refractivity contribution in [1.29, 1.82) is 0 Å². The third-order valence-electron chi connectivity index (χ3n) is 11.9. The summed E-state index contributed by atoms with van der Waals surface area (Å²) in [5, 5.41) is 5.10. The third-order valence-corrected chi connectivity index (χ3v) is 11.9. The van der Waals surface area contributed by atoms with E-state index in [4.69, 9.17) is 0 Å². The average Bonchev–Trinajstić information content (AvgIpc) is 3.21. The van der Waals surface area contributed by atoms with Crippen LogP contribution in [0.1, 0.15) is 50.9 Å². The van der Waals surface area contributed by atoms with Crippen LogP contribution in [0.2, 0.25) is 0 Å². The lowest BCUT2D eigenvalue weighted by Crippen LogP contribution is -2.15. The lowest BCUT2D eigenvalue weighted by atomic mass is 9.87. The molecule has 1 nitrogen and oxygen atoms in total. The molecule has 55 heavy (non-hydrogen) atoms. The minimum absolute atomic E-state index is 1.10. The van der Waals surface area contributed by atoms with Gasteiger partial charge in [0.15, 0.2) is 0 Å². The second kappa shape index (κ2) is 13.9. The molecule has 9 rings (SSSR count). The lowest BCUT2D eigenvalue weighted by molar-refractivity contribution is 0.986. The summed E-state index contributed by atoms with van der Waals surface area (Å²) in [6.45, 7) is 13.7. The molecule has 0 radical (unpaired) electrons. The number of fused-ring (bicyclic) bond motifs is 3. The van der Waals surface area contributed by atoms with E-state index in [2.05, 4.69) is 198 Å². The van der Waals surface area contributed by atoms with E-state index in [-0.39, 0.29) is 0 Å². The molecular weight excluding hydrogens is 663 g/mol. The van der Waals surface area contributed by atoms with Crippen LogP contribution >= 0.6 is 0 Å². The van der Waals surface area contributed by atoms with Gasteiger partial charge in [0.05, 0.1) is 0 Å². The molecule has 0 fully saturated rings. The first-order valence-electron chi connectivity index (χ1n) is 19.7. The lowest BCUT2D eigenvalue weighted by Gasteiger charge is -2.32. The number of nitrogens with zero attached hydrogens (tertiary/aromatic N) is 1. The van der Waals surface area contributed by atoms with Crippen LogP contribution in [0, 0.1) is 41.5 Å². The van der Waals surface area contributed by atoms with Crippen molar-refractivity contribution in [2.45, 2.75) is 54.4 Å². The van der Waals surface area contributed by atoms with Crippen LogP contribution in [0.4, 0.5) is 17.1 Å². The van der Waals surface area contributed by atoms with Crippen molar-refractivity contribution in [2.75, 3.05) is 4.90 Å². The zero-order valence-corrected chi connectivity index (χ0v) is 32.8. The van der Waals surface area contributed by atoms with Crippen molar-refractivity contribution in [3.63, 3.8) is 0 Å². The van der Waals surface area contributed by atoms with E-state index in [1.54, 1.807) is 0 Å². The maximum absolute atomic E-state index is 2.54. The van der Waals surface area contributed by atoms with E-state index in [1.165, 1.54) is 116 Å². The van der Waals surface area contributed by atoms with Crippen LogP contribution in [0.3, 0.4) is 0 Å². The molecule has 0 amide bonds. The summed E-state index contributed by atoms with van der Waals surface area (Å²) in [5.41, 5.74) is 21.7. The highest BCUT2D eigenvalue weighted by atomic mass is 15.1. The van der Waals surface area contributed by atoms with E-state index in [1.807, 2.05) is 0 Å². The van der Waals surface area contributed by atoms with E-state index >= 15 is 0 Å². The molecule has 0 saturated carbocycles. The second-order valence-electron chi connectivity index (χ2n) is 15.6. The van der Waals surface area contributed by atoms with Gasteiger partial charge in [0.2, 0.25) is 0 Å². The number of anilines is 3. The van der Waals surface area contributed by atoms with Gasteiger partial charge in [0.1, 0.15) is 0 Å². The standard InChI is InChI=1S/C54H47N/c1-34-31-52(37(4)28-49(34)46-25-13-19-40-16-7-10-22-43(40)46)55(53-32-35(2)50(29-38(53)5)47-26-14-20-41-17-8-11-23-44(41)47)54-33-36(3)51(30-39(54)6)48-27-15-21-42-18-9-12-24-45(42)48/h7-8,10-17,19-33H,9,18H2,1-6H3. The average molecular weight is 710 g/mol. The van der Waals surface area contributed by atoms with Crippen LogP contribution in [-0.2, 0) is 6.42 Å². The first kappa shape index (κ1) is 34.6. The molecule has 0 saturated heterocycles. The molecule has 0 aromatic heterocycles. The van der Waals surface area contributed by atoms with Crippen LogP contribution < -0.4 is 4.90 Å². The van der Waals surface area contributed by atoms with E-state index < -0.39 is 0 Å². The predicted molar refractivity (Wildman–Crippen MR) is 238 cm³/mol. The highest BCUT2D eigenvalue weighted by molar-refractivity contribution is 6.00. The zero-order chi connectivity index (χ0) is 37.8. The molecular formula is C54H47N. The Hall–Kier alpha value is -6.18. The minimum atomic E-state index is 1.10. The summed E-state index contributed by atoms with van der Waals surface area (Å²) in [6.07, 6.45) is 6.86. The fourth-order valence-electron chi connectivity index (χ4n) is 9.01. The largest absolute Gasteiger partial charge is 0.310 e. The monoisotopic (exact) mass is 709 g/mol. The Kier molecular flexibility index (Phi) is 8.74. The Labute approximate surface area is 326 Å². The summed E-state index contributed by atoms with van der Waals surface area (Å²) in [4.78, 5) is 2.54. The predicted octanol–water partition coefficient (Wildman–Crippen LogP) is 15.3. The zero-order valence-electron chi connectivity index (χ0n) is 32.8. The first-order chi connectivity index (χ1) is 26.8. The van der Waals surface area contributed by atoms with Crippen LogP contribution in [-0.4, -0.2) is 0 Å². The van der Waals surface area contributed by atoms with E-state index in [0.717, 1.165) is 12.8 Å². The molecule has 1 heteroatoms. The fraction of sp³-hybridized carbons (Fsp3) is 0.148.